The van der Waals surface area contributed by atoms with Gasteiger partial charge in [0.1, 0.15) is 5.82 Å². The molecule has 2 heterocycles. The van der Waals surface area contributed by atoms with Crippen LogP contribution in [-0.4, -0.2) is 35.2 Å². The van der Waals surface area contributed by atoms with Crippen molar-refractivity contribution in [3.8, 4) is 0 Å². The molecule has 1 aromatic heterocycles. The summed E-state index contributed by atoms with van der Waals surface area (Å²) < 4.78 is 0. The summed E-state index contributed by atoms with van der Waals surface area (Å²) in [6.45, 7) is 2.73. The highest BCUT2D eigenvalue weighted by atomic mass is 35.5. The number of hydrogen-bond donors (Lipinski definition) is 1. The van der Waals surface area contributed by atoms with E-state index < -0.39 is 5.97 Å². The second kappa shape index (κ2) is 5.89. The van der Waals surface area contributed by atoms with E-state index in [1.807, 2.05) is 6.92 Å². The lowest BCUT2D eigenvalue weighted by Crippen LogP contribution is -2.32. The van der Waals surface area contributed by atoms with E-state index in [2.05, 4.69) is 4.98 Å². The SMILES string of the molecule is Cc1c(Cl)ccnc1N1CCN(c2cccc(C(=O)O)c2)C1=O. The maximum atomic E-state index is 12.7. The van der Waals surface area contributed by atoms with Crippen molar-refractivity contribution in [2.24, 2.45) is 0 Å². The maximum absolute atomic E-state index is 12.7. The molecule has 0 unspecified atom stereocenters. The van der Waals surface area contributed by atoms with Crippen LogP contribution in [0.4, 0.5) is 16.3 Å². The molecule has 0 atom stereocenters. The van der Waals surface area contributed by atoms with Crippen LogP contribution in [0.5, 0.6) is 0 Å². The number of carboxylic acids is 1. The van der Waals surface area contributed by atoms with E-state index in [1.54, 1.807) is 29.3 Å². The van der Waals surface area contributed by atoms with Crippen molar-refractivity contribution in [2.75, 3.05) is 22.9 Å². The number of carboxylic acid groups (broad SMARTS) is 1. The second-order valence-electron chi connectivity index (χ2n) is 5.18. The molecule has 0 spiro atoms. The smallest absolute Gasteiger partial charge is 0.335 e. The number of hydrogen-bond acceptors (Lipinski definition) is 3. The normalized spacial score (nSPS) is 14.4. The van der Waals surface area contributed by atoms with E-state index in [1.165, 1.54) is 17.0 Å². The van der Waals surface area contributed by atoms with Crippen LogP contribution in [0.15, 0.2) is 36.5 Å². The molecule has 1 aliphatic rings. The zero-order valence-corrected chi connectivity index (χ0v) is 13.1. The van der Waals surface area contributed by atoms with Crippen molar-refractivity contribution in [3.05, 3.63) is 52.7 Å². The Bertz CT molecular complexity index is 794. The van der Waals surface area contributed by atoms with Crippen LogP contribution >= 0.6 is 11.6 Å². The summed E-state index contributed by atoms with van der Waals surface area (Å²) in [5.41, 5.74) is 1.44. The highest BCUT2D eigenvalue weighted by Gasteiger charge is 2.32. The van der Waals surface area contributed by atoms with Crippen molar-refractivity contribution < 1.29 is 14.7 Å². The molecule has 6 nitrogen and oxygen atoms in total. The Morgan fingerprint density at radius 1 is 1.26 bits per heavy atom. The number of nitrogens with zero attached hydrogens (tertiary/aromatic N) is 3. The van der Waals surface area contributed by atoms with E-state index in [-0.39, 0.29) is 11.6 Å². The lowest BCUT2D eigenvalue weighted by Gasteiger charge is -2.20. The quantitative estimate of drug-likeness (QED) is 0.937. The fraction of sp³-hybridized carbons (Fsp3) is 0.188. The van der Waals surface area contributed by atoms with Gasteiger partial charge in [-0.1, -0.05) is 17.7 Å². The van der Waals surface area contributed by atoms with Crippen LogP contribution in [0.25, 0.3) is 0 Å². The molecule has 0 radical (unpaired) electrons. The Kier molecular flexibility index (Phi) is 3.92. The number of halogens is 1. The number of amides is 2. The van der Waals surface area contributed by atoms with Gasteiger partial charge in [-0.2, -0.15) is 0 Å². The number of urea groups is 1. The van der Waals surface area contributed by atoms with Crippen LogP contribution in [0.3, 0.4) is 0 Å². The molecule has 23 heavy (non-hydrogen) atoms. The molecule has 0 aliphatic carbocycles. The van der Waals surface area contributed by atoms with Gasteiger partial charge in [-0.05, 0) is 31.2 Å². The standard InChI is InChI=1S/C16H14ClN3O3/c1-10-13(17)5-6-18-14(10)20-8-7-19(16(20)23)12-4-2-3-11(9-12)15(21)22/h2-6,9H,7-8H2,1H3,(H,21,22). The van der Waals surface area contributed by atoms with E-state index in [4.69, 9.17) is 16.7 Å². The van der Waals surface area contributed by atoms with Gasteiger partial charge in [0, 0.05) is 35.6 Å². The summed E-state index contributed by atoms with van der Waals surface area (Å²) in [6, 6.07) is 7.75. The van der Waals surface area contributed by atoms with Crippen molar-refractivity contribution in [3.63, 3.8) is 0 Å². The van der Waals surface area contributed by atoms with Crippen LogP contribution < -0.4 is 9.80 Å². The maximum Gasteiger partial charge on any atom is 0.335 e. The summed E-state index contributed by atoms with van der Waals surface area (Å²) >= 11 is 6.09. The third-order valence-corrected chi connectivity index (χ3v) is 4.19. The third-order valence-electron chi connectivity index (χ3n) is 3.78. The van der Waals surface area contributed by atoms with Gasteiger partial charge in [0.25, 0.3) is 0 Å². The molecule has 1 fully saturated rings. The summed E-state index contributed by atoms with van der Waals surface area (Å²) in [5.74, 6) is -0.498. The molecule has 1 aromatic carbocycles. The largest absolute Gasteiger partial charge is 0.478 e. The first-order valence-corrected chi connectivity index (χ1v) is 7.40. The highest BCUT2D eigenvalue weighted by molar-refractivity contribution is 6.31. The zero-order chi connectivity index (χ0) is 16.6. The van der Waals surface area contributed by atoms with Gasteiger partial charge < -0.3 is 5.11 Å². The minimum atomic E-state index is -1.03. The Morgan fingerprint density at radius 2 is 2.00 bits per heavy atom. The average molecular weight is 332 g/mol. The first-order valence-electron chi connectivity index (χ1n) is 7.02. The van der Waals surface area contributed by atoms with Gasteiger partial charge in [0.2, 0.25) is 0 Å². The summed E-state index contributed by atoms with van der Waals surface area (Å²) in [6.07, 6.45) is 1.56. The molecule has 1 saturated heterocycles. The molecular formula is C16H14ClN3O3. The van der Waals surface area contributed by atoms with Gasteiger partial charge in [-0.15, -0.1) is 0 Å². The van der Waals surface area contributed by atoms with Crippen LogP contribution in [0.2, 0.25) is 5.02 Å². The second-order valence-corrected chi connectivity index (χ2v) is 5.59. The number of rotatable bonds is 3. The summed E-state index contributed by atoms with van der Waals surface area (Å²) in [4.78, 5) is 31.1. The Morgan fingerprint density at radius 3 is 2.74 bits per heavy atom. The van der Waals surface area contributed by atoms with Gasteiger partial charge >= 0.3 is 12.0 Å². The molecule has 2 aromatic rings. The fourth-order valence-corrected chi connectivity index (χ4v) is 2.69. The number of anilines is 2. The van der Waals surface area contributed by atoms with Crippen molar-refractivity contribution in [2.45, 2.75) is 6.92 Å². The predicted molar refractivity (Wildman–Crippen MR) is 87.5 cm³/mol. The topological polar surface area (TPSA) is 73.7 Å². The summed E-state index contributed by atoms with van der Waals surface area (Å²) in [7, 11) is 0. The molecule has 1 N–H and O–H groups in total. The Labute approximate surface area is 137 Å². The molecule has 1 aliphatic heterocycles. The van der Waals surface area contributed by atoms with E-state index in [0.29, 0.717) is 29.6 Å². The van der Waals surface area contributed by atoms with E-state index in [0.717, 1.165) is 5.56 Å². The first-order chi connectivity index (χ1) is 11.0. The molecule has 3 rings (SSSR count). The number of aromatic nitrogens is 1. The Balaban J connectivity index is 1.91. The summed E-state index contributed by atoms with van der Waals surface area (Å²) in [5, 5.41) is 9.63. The first kappa shape index (κ1) is 15.3. The van der Waals surface area contributed by atoms with E-state index in [9.17, 15) is 9.59 Å². The van der Waals surface area contributed by atoms with Gasteiger partial charge in [-0.3, -0.25) is 9.80 Å². The fourth-order valence-electron chi connectivity index (χ4n) is 2.55. The average Bonchev–Trinajstić information content (AvgIpc) is 2.92. The van der Waals surface area contributed by atoms with Gasteiger partial charge in [-0.25, -0.2) is 14.6 Å². The molecule has 0 saturated carbocycles. The lowest BCUT2D eigenvalue weighted by atomic mass is 10.2. The van der Waals surface area contributed by atoms with Crippen molar-refractivity contribution in [1.82, 2.24) is 4.98 Å². The third kappa shape index (κ3) is 2.73. The van der Waals surface area contributed by atoms with Crippen LogP contribution in [0.1, 0.15) is 15.9 Å². The highest BCUT2D eigenvalue weighted by Crippen LogP contribution is 2.29. The number of carbonyl (C=O) groups is 2. The Hall–Kier alpha value is -2.60. The molecule has 7 heteroatoms. The minimum Gasteiger partial charge on any atom is -0.478 e. The zero-order valence-electron chi connectivity index (χ0n) is 12.4. The predicted octanol–water partition coefficient (Wildman–Crippen LogP) is 3.19. The molecule has 0 bridgehead atoms. The number of benzene rings is 1. The lowest BCUT2D eigenvalue weighted by molar-refractivity contribution is 0.0697. The number of aromatic carboxylic acids is 1. The van der Waals surface area contributed by atoms with Gasteiger partial charge in [0.05, 0.1) is 5.56 Å². The van der Waals surface area contributed by atoms with Crippen molar-refractivity contribution >= 4 is 35.1 Å². The monoisotopic (exact) mass is 331 g/mol. The van der Waals surface area contributed by atoms with Crippen LogP contribution in [0, 0.1) is 6.92 Å². The molecule has 118 valence electrons. The van der Waals surface area contributed by atoms with Crippen molar-refractivity contribution in [1.29, 1.82) is 0 Å². The van der Waals surface area contributed by atoms with E-state index >= 15 is 0 Å². The molecular weight excluding hydrogens is 318 g/mol. The number of carbonyl (C=O) groups excluding carboxylic acids is 1. The molecule has 2 amide bonds. The minimum absolute atomic E-state index is 0.144. The van der Waals surface area contributed by atoms with Crippen LogP contribution in [-0.2, 0) is 0 Å². The van der Waals surface area contributed by atoms with Gasteiger partial charge in [0.15, 0.2) is 0 Å². The number of pyridine rings is 1.